The Labute approximate surface area is 120 Å². The molecular weight excluding hydrogens is 250 g/mol. The molecule has 108 valence electrons. The fraction of sp³-hybridized carbons (Fsp3) is 0.500. The Morgan fingerprint density at radius 2 is 2.05 bits per heavy atom. The molecule has 0 amide bonds. The number of hydrogen-bond acceptors (Lipinski definition) is 3. The molecule has 0 aliphatic carbocycles. The Kier molecular flexibility index (Phi) is 3.94. The van der Waals surface area contributed by atoms with Crippen molar-refractivity contribution >= 4 is 10.9 Å². The number of aromatic nitrogens is 1. The number of piperazine rings is 1. The van der Waals surface area contributed by atoms with Crippen molar-refractivity contribution in [3.63, 3.8) is 0 Å². The minimum atomic E-state index is 0.969. The molecule has 1 N–H and O–H groups in total. The van der Waals surface area contributed by atoms with E-state index in [0.717, 1.165) is 45.0 Å². The van der Waals surface area contributed by atoms with Gasteiger partial charge in [0.1, 0.15) is 5.75 Å². The van der Waals surface area contributed by atoms with Crippen molar-refractivity contribution in [2.45, 2.75) is 20.0 Å². The van der Waals surface area contributed by atoms with Crippen LogP contribution < -0.4 is 10.1 Å². The van der Waals surface area contributed by atoms with Crippen molar-refractivity contribution in [1.29, 1.82) is 0 Å². The summed E-state index contributed by atoms with van der Waals surface area (Å²) in [5, 5.41) is 4.63. The summed E-state index contributed by atoms with van der Waals surface area (Å²) in [5.74, 6) is 0.969. The summed E-state index contributed by atoms with van der Waals surface area (Å²) in [5.41, 5.74) is 2.66. The van der Waals surface area contributed by atoms with Crippen LogP contribution in [0.15, 0.2) is 24.3 Å². The second-order valence-electron chi connectivity index (χ2n) is 5.30. The predicted molar refractivity (Wildman–Crippen MR) is 82.3 cm³/mol. The lowest BCUT2D eigenvalue weighted by Crippen LogP contribution is -2.43. The third-order valence-corrected chi connectivity index (χ3v) is 4.12. The first-order valence-electron chi connectivity index (χ1n) is 7.41. The molecule has 0 saturated carbocycles. The number of methoxy groups -OCH3 is 1. The lowest BCUT2D eigenvalue weighted by atomic mass is 10.2. The summed E-state index contributed by atoms with van der Waals surface area (Å²) in [6, 6.07) is 8.58. The van der Waals surface area contributed by atoms with Crippen LogP contribution in [-0.2, 0) is 13.1 Å². The van der Waals surface area contributed by atoms with E-state index in [0.29, 0.717) is 0 Å². The lowest BCUT2D eigenvalue weighted by molar-refractivity contribution is 0.228. The highest BCUT2D eigenvalue weighted by molar-refractivity contribution is 5.87. The monoisotopic (exact) mass is 273 g/mol. The van der Waals surface area contributed by atoms with Crippen molar-refractivity contribution in [3.05, 3.63) is 30.0 Å². The predicted octanol–water partition coefficient (Wildman–Crippen LogP) is 2.07. The van der Waals surface area contributed by atoms with Crippen molar-refractivity contribution < 1.29 is 4.74 Å². The van der Waals surface area contributed by atoms with E-state index in [2.05, 4.69) is 39.9 Å². The van der Waals surface area contributed by atoms with E-state index in [1.165, 1.54) is 16.6 Å². The molecule has 1 fully saturated rings. The van der Waals surface area contributed by atoms with Gasteiger partial charge in [0.25, 0.3) is 0 Å². The second kappa shape index (κ2) is 5.85. The highest BCUT2D eigenvalue weighted by Crippen LogP contribution is 2.29. The highest BCUT2D eigenvalue weighted by Gasteiger charge is 2.15. The molecule has 0 atom stereocenters. The summed E-state index contributed by atoms with van der Waals surface area (Å²) < 4.78 is 7.90. The molecule has 2 heterocycles. The number of nitrogens with one attached hydrogen (secondary N) is 1. The van der Waals surface area contributed by atoms with E-state index in [9.17, 15) is 0 Å². The SMILES string of the molecule is CCn1c(CN2CCNCC2)cc2c(OC)cccc21. The van der Waals surface area contributed by atoms with Gasteiger partial charge in [0.15, 0.2) is 0 Å². The summed E-state index contributed by atoms with van der Waals surface area (Å²) in [6.45, 7) is 8.67. The fourth-order valence-corrected chi connectivity index (χ4v) is 3.09. The zero-order chi connectivity index (χ0) is 13.9. The van der Waals surface area contributed by atoms with E-state index < -0.39 is 0 Å². The van der Waals surface area contributed by atoms with E-state index in [1.807, 2.05) is 6.07 Å². The Morgan fingerprint density at radius 3 is 2.75 bits per heavy atom. The summed E-state index contributed by atoms with van der Waals surface area (Å²) >= 11 is 0. The normalized spacial score (nSPS) is 16.7. The first-order chi connectivity index (χ1) is 9.83. The van der Waals surface area contributed by atoms with Gasteiger partial charge in [-0.15, -0.1) is 0 Å². The molecule has 4 nitrogen and oxygen atoms in total. The average molecular weight is 273 g/mol. The first kappa shape index (κ1) is 13.5. The van der Waals surface area contributed by atoms with Crippen LogP contribution in [0, 0.1) is 0 Å². The number of ether oxygens (including phenoxy) is 1. The number of hydrogen-bond donors (Lipinski definition) is 1. The van der Waals surface area contributed by atoms with Gasteiger partial charge in [0, 0.05) is 50.3 Å². The minimum absolute atomic E-state index is 0.969. The molecule has 1 aromatic carbocycles. The first-order valence-corrected chi connectivity index (χ1v) is 7.41. The number of aryl methyl sites for hydroxylation is 1. The number of fused-ring (bicyclic) bond motifs is 1. The maximum absolute atomic E-state index is 5.49. The quantitative estimate of drug-likeness (QED) is 0.925. The van der Waals surface area contributed by atoms with Gasteiger partial charge in [0.2, 0.25) is 0 Å². The van der Waals surface area contributed by atoms with Gasteiger partial charge in [-0.1, -0.05) is 6.07 Å². The largest absolute Gasteiger partial charge is 0.496 e. The van der Waals surface area contributed by atoms with E-state index in [4.69, 9.17) is 4.74 Å². The molecule has 3 rings (SSSR count). The molecule has 4 heteroatoms. The van der Waals surface area contributed by atoms with Gasteiger partial charge in [-0.05, 0) is 25.1 Å². The number of benzene rings is 1. The Bertz CT molecular complexity index is 585. The summed E-state index contributed by atoms with van der Waals surface area (Å²) in [6.07, 6.45) is 0. The van der Waals surface area contributed by atoms with Crippen molar-refractivity contribution in [2.75, 3.05) is 33.3 Å². The van der Waals surface area contributed by atoms with Crippen LogP contribution in [0.3, 0.4) is 0 Å². The van der Waals surface area contributed by atoms with E-state index in [-0.39, 0.29) is 0 Å². The van der Waals surface area contributed by atoms with Crippen molar-refractivity contribution in [2.24, 2.45) is 0 Å². The molecule has 0 radical (unpaired) electrons. The van der Waals surface area contributed by atoms with Gasteiger partial charge in [-0.25, -0.2) is 0 Å². The van der Waals surface area contributed by atoms with Crippen LogP contribution in [-0.4, -0.2) is 42.8 Å². The maximum Gasteiger partial charge on any atom is 0.128 e. The molecule has 0 bridgehead atoms. The average Bonchev–Trinajstić information content (AvgIpc) is 2.85. The summed E-state index contributed by atoms with van der Waals surface area (Å²) in [4.78, 5) is 2.52. The van der Waals surface area contributed by atoms with Gasteiger partial charge in [-0.2, -0.15) is 0 Å². The molecule has 1 aliphatic heterocycles. The van der Waals surface area contributed by atoms with Gasteiger partial charge in [0.05, 0.1) is 12.6 Å². The smallest absolute Gasteiger partial charge is 0.128 e. The fourth-order valence-electron chi connectivity index (χ4n) is 3.09. The molecule has 1 aromatic heterocycles. The number of rotatable bonds is 4. The molecule has 1 aliphatic rings. The van der Waals surface area contributed by atoms with Gasteiger partial charge >= 0.3 is 0 Å². The topological polar surface area (TPSA) is 29.4 Å². The zero-order valence-electron chi connectivity index (χ0n) is 12.4. The standard InChI is InChI=1S/C16H23N3O/c1-3-19-13(12-18-9-7-17-8-10-18)11-14-15(19)5-4-6-16(14)20-2/h4-6,11,17H,3,7-10,12H2,1-2H3. The molecule has 1 saturated heterocycles. The minimum Gasteiger partial charge on any atom is -0.496 e. The molecule has 20 heavy (non-hydrogen) atoms. The molecule has 2 aromatic rings. The lowest BCUT2D eigenvalue weighted by Gasteiger charge is -2.27. The van der Waals surface area contributed by atoms with Gasteiger partial charge in [-0.3, -0.25) is 4.90 Å². The Hall–Kier alpha value is -1.52. The molecular formula is C16H23N3O. The van der Waals surface area contributed by atoms with Crippen LogP contribution in [0.5, 0.6) is 5.75 Å². The second-order valence-corrected chi connectivity index (χ2v) is 5.30. The number of nitrogens with zero attached hydrogens (tertiary/aromatic N) is 2. The molecule has 0 unspecified atom stereocenters. The van der Waals surface area contributed by atoms with Crippen LogP contribution in [0.4, 0.5) is 0 Å². The van der Waals surface area contributed by atoms with Crippen molar-refractivity contribution in [1.82, 2.24) is 14.8 Å². The van der Waals surface area contributed by atoms with Gasteiger partial charge < -0.3 is 14.6 Å². The third kappa shape index (κ3) is 2.41. The maximum atomic E-state index is 5.49. The van der Waals surface area contributed by atoms with Crippen LogP contribution >= 0.6 is 0 Å². The van der Waals surface area contributed by atoms with Crippen LogP contribution in [0.2, 0.25) is 0 Å². The van der Waals surface area contributed by atoms with Crippen LogP contribution in [0.25, 0.3) is 10.9 Å². The van der Waals surface area contributed by atoms with Crippen molar-refractivity contribution in [3.8, 4) is 5.75 Å². The van der Waals surface area contributed by atoms with E-state index >= 15 is 0 Å². The Balaban J connectivity index is 1.97. The zero-order valence-corrected chi connectivity index (χ0v) is 12.4. The van der Waals surface area contributed by atoms with Crippen LogP contribution in [0.1, 0.15) is 12.6 Å². The Morgan fingerprint density at radius 1 is 1.25 bits per heavy atom. The highest BCUT2D eigenvalue weighted by atomic mass is 16.5. The molecule has 0 spiro atoms. The van der Waals surface area contributed by atoms with E-state index in [1.54, 1.807) is 7.11 Å². The summed E-state index contributed by atoms with van der Waals surface area (Å²) in [7, 11) is 1.74. The third-order valence-electron chi connectivity index (χ3n) is 4.12.